The van der Waals surface area contributed by atoms with Crippen molar-refractivity contribution in [2.24, 2.45) is 11.7 Å². The lowest BCUT2D eigenvalue weighted by atomic mass is 9.93. The van der Waals surface area contributed by atoms with Crippen molar-refractivity contribution in [1.29, 1.82) is 0 Å². The molecule has 1 atom stereocenters. The molecule has 4 nitrogen and oxygen atoms in total. The van der Waals surface area contributed by atoms with E-state index < -0.39 is 64.2 Å². The molecule has 36 heavy (non-hydrogen) atoms. The number of amides is 1. The first kappa shape index (κ1) is 27.9. The fraction of sp³-hybridized carbons (Fsp3) is 0.381. The van der Waals surface area contributed by atoms with Gasteiger partial charge in [0.05, 0.1) is 0 Å². The Morgan fingerprint density at radius 2 is 1.58 bits per heavy atom. The van der Waals surface area contributed by atoms with Crippen LogP contribution in [0.1, 0.15) is 28.8 Å². The lowest BCUT2D eigenvalue weighted by molar-refractivity contribution is -0.348. The van der Waals surface area contributed by atoms with Crippen LogP contribution in [0.25, 0.3) is 0 Å². The summed E-state index contributed by atoms with van der Waals surface area (Å²) >= 11 is 2.67. The zero-order valence-corrected chi connectivity index (χ0v) is 19.2. The van der Waals surface area contributed by atoms with E-state index in [0.717, 1.165) is 6.07 Å². The molecule has 1 amide bonds. The van der Waals surface area contributed by atoms with Gasteiger partial charge in [0.2, 0.25) is 5.91 Å². The van der Waals surface area contributed by atoms with Gasteiger partial charge in [-0.25, -0.2) is 8.78 Å². The molecule has 1 unspecified atom stereocenters. The molecule has 0 radical (unpaired) electrons. The number of nitrogens with zero attached hydrogens (tertiary/aromatic N) is 1. The van der Waals surface area contributed by atoms with Gasteiger partial charge < -0.3 is 15.4 Å². The fourth-order valence-electron chi connectivity index (χ4n) is 3.47. The molecular weight excluding hydrogens is 582 g/mol. The van der Waals surface area contributed by atoms with E-state index in [9.17, 15) is 44.3 Å². The molecule has 0 bridgehead atoms. The van der Waals surface area contributed by atoms with E-state index in [4.69, 9.17) is 5.73 Å². The highest BCUT2D eigenvalue weighted by Gasteiger charge is 2.73. The van der Waals surface area contributed by atoms with Crippen molar-refractivity contribution in [3.8, 4) is 5.75 Å². The number of carbonyl (C=O) groups is 1. The molecule has 1 saturated carbocycles. The monoisotopic (exact) mass is 596 g/mol. The second kappa shape index (κ2) is 9.63. The highest BCUT2D eigenvalue weighted by molar-refractivity contribution is 9.10. The number of anilines is 2. The van der Waals surface area contributed by atoms with Crippen LogP contribution in [0.3, 0.4) is 0 Å². The number of halogens is 11. The standard InChI is InChI=1S/C21H15BrF10N2O2/c22-13-7-11(19(26,20(27,28)29)21(30,31)32)8-14(36-18(24)25)15(13)34(16(23)9-4-5-9)12-3-1-2-10(6-12)17(33)35/h1-3,6-9,16,18H,4-5H2,(H2,33,35). The molecule has 0 spiro atoms. The maximum Gasteiger partial charge on any atom is 0.435 e. The number of alkyl halides is 10. The van der Waals surface area contributed by atoms with E-state index >= 15 is 4.39 Å². The van der Waals surface area contributed by atoms with Crippen LogP contribution in [-0.2, 0) is 5.67 Å². The van der Waals surface area contributed by atoms with E-state index in [1.807, 2.05) is 0 Å². The van der Waals surface area contributed by atoms with Crippen LogP contribution in [0.15, 0.2) is 40.9 Å². The molecule has 15 heteroatoms. The normalized spacial score (nSPS) is 15.7. The average Bonchev–Trinajstić information content (AvgIpc) is 3.58. The molecule has 1 aliphatic carbocycles. The minimum absolute atomic E-state index is 0.0548. The van der Waals surface area contributed by atoms with Crippen molar-refractivity contribution in [3.05, 3.63) is 52.0 Å². The van der Waals surface area contributed by atoms with Crippen LogP contribution in [0.4, 0.5) is 55.3 Å². The summed E-state index contributed by atoms with van der Waals surface area (Å²) in [6.07, 6.45) is -14.5. The van der Waals surface area contributed by atoms with Crippen LogP contribution in [-0.4, -0.2) is 31.2 Å². The predicted octanol–water partition coefficient (Wildman–Crippen LogP) is 7.28. The van der Waals surface area contributed by atoms with E-state index in [-0.39, 0.29) is 23.4 Å². The Labute approximate surface area is 205 Å². The van der Waals surface area contributed by atoms with Gasteiger partial charge in [-0.2, -0.15) is 35.1 Å². The van der Waals surface area contributed by atoms with Gasteiger partial charge in [-0.3, -0.25) is 4.79 Å². The van der Waals surface area contributed by atoms with Crippen molar-refractivity contribution >= 4 is 33.2 Å². The third-order valence-corrected chi connectivity index (χ3v) is 5.94. The van der Waals surface area contributed by atoms with Crippen LogP contribution in [0.5, 0.6) is 5.75 Å². The smallest absolute Gasteiger partial charge is 0.433 e. The maximum absolute atomic E-state index is 15.5. The van der Waals surface area contributed by atoms with Gasteiger partial charge in [0, 0.05) is 27.2 Å². The van der Waals surface area contributed by atoms with Crippen molar-refractivity contribution in [3.63, 3.8) is 0 Å². The van der Waals surface area contributed by atoms with E-state index in [2.05, 4.69) is 20.7 Å². The van der Waals surface area contributed by atoms with Crippen LogP contribution < -0.4 is 15.4 Å². The van der Waals surface area contributed by atoms with Gasteiger partial charge in [-0.05, 0) is 59.1 Å². The SMILES string of the molecule is NC(=O)c1cccc(N(c2c(Br)cc(C(F)(C(F)(F)F)C(F)(F)F)cc2OC(F)F)C(F)C2CC2)c1. The summed E-state index contributed by atoms with van der Waals surface area (Å²) in [4.78, 5) is 12.2. The Morgan fingerprint density at radius 1 is 1.00 bits per heavy atom. The topological polar surface area (TPSA) is 55.6 Å². The first-order valence-electron chi connectivity index (χ1n) is 9.93. The molecule has 1 fully saturated rings. The highest BCUT2D eigenvalue weighted by atomic mass is 79.9. The van der Waals surface area contributed by atoms with Crippen molar-refractivity contribution < 1.29 is 53.4 Å². The number of nitrogens with two attached hydrogens (primary N) is 1. The largest absolute Gasteiger partial charge is 0.435 e. The average molecular weight is 597 g/mol. The van der Waals surface area contributed by atoms with Crippen LogP contribution in [0.2, 0.25) is 0 Å². The molecule has 2 aromatic rings. The predicted molar refractivity (Wildman–Crippen MR) is 110 cm³/mol. The Bertz CT molecular complexity index is 1120. The molecule has 2 aromatic carbocycles. The molecule has 3 rings (SSSR count). The third kappa shape index (κ3) is 5.20. The number of ether oxygens (including phenoxy) is 1. The number of rotatable bonds is 8. The van der Waals surface area contributed by atoms with E-state index in [1.54, 1.807) is 0 Å². The molecule has 2 N–H and O–H groups in total. The summed E-state index contributed by atoms with van der Waals surface area (Å²) < 4.78 is 140. The molecule has 0 heterocycles. The van der Waals surface area contributed by atoms with Crippen LogP contribution >= 0.6 is 15.9 Å². The fourth-order valence-corrected chi connectivity index (χ4v) is 4.10. The van der Waals surface area contributed by atoms with Crippen molar-refractivity contribution in [2.45, 2.75) is 43.8 Å². The van der Waals surface area contributed by atoms with Gasteiger partial charge in [-0.1, -0.05) is 6.07 Å². The maximum atomic E-state index is 15.5. The van der Waals surface area contributed by atoms with E-state index in [0.29, 0.717) is 17.7 Å². The molecular formula is C21H15BrF10N2O2. The van der Waals surface area contributed by atoms with Gasteiger partial charge in [0.25, 0.3) is 0 Å². The summed E-state index contributed by atoms with van der Waals surface area (Å²) in [5.74, 6) is -3.04. The minimum atomic E-state index is -6.54. The second-order valence-corrected chi connectivity index (χ2v) is 8.69. The minimum Gasteiger partial charge on any atom is -0.433 e. The van der Waals surface area contributed by atoms with Crippen molar-refractivity contribution in [2.75, 3.05) is 4.90 Å². The Kier molecular flexibility index (Phi) is 7.46. The summed E-state index contributed by atoms with van der Waals surface area (Å²) in [5, 5.41) is 0. The zero-order chi connectivity index (χ0) is 27.2. The van der Waals surface area contributed by atoms with Crippen LogP contribution in [0, 0.1) is 5.92 Å². The molecule has 0 saturated heterocycles. The number of benzene rings is 2. The summed E-state index contributed by atoms with van der Waals surface area (Å²) in [6, 6.07) is 4.54. The summed E-state index contributed by atoms with van der Waals surface area (Å²) in [6.45, 7) is -3.80. The zero-order valence-electron chi connectivity index (χ0n) is 17.6. The number of hydrogen-bond acceptors (Lipinski definition) is 3. The van der Waals surface area contributed by atoms with Gasteiger partial charge in [-0.15, -0.1) is 0 Å². The molecule has 198 valence electrons. The molecule has 1 aliphatic rings. The van der Waals surface area contributed by atoms with Crippen molar-refractivity contribution in [1.82, 2.24) is 0 Å². The first-order chi connectivity index (χ1) is 16.5. The summed E-state index contributed by atoms with van der Waals surface area (Å²) in [7, 11) is 0. The van der Waals surface area contributed by atoms with Gasteiger partial charge >= 0.3 is 24.6 Å². The number of primary amides is 1. The Hall–Kier alpha value is -2.71. The third-order valence-electron chi connectivity index (χ3n) is 5.33. The van der Waals surface area contributed by atoms with Gasteiger partial charge in [0.15, 0.2) is 12.0 Å². The number of carbonyl (C=O) groups excluding carboxylic acids is 1. The van der Waals surface area contributed by atoms with E-state index in [1.165, 1.54) is 18.2 Å². The first-order valence-corrected chi connectivity index (χ1v) is 10.7. The Morgan fingerprint density at radius 3 is 2.06 bits per heavy atom. The lowest BCUT2D eigenvalue weighted by Crippen LogP contribution is -2.50. The number of hydrogen-bond donors (Lipinski definition) is 1. The summed E-state index contributed by atoms with van der Waals surface area (Å²) in [5.41, 5.74) is -4.02. The molecule has 0 aliphatic heterocycles. The molecule has 0 aromatic heterocycles. The lowest BCUT2D eigenvalue weighted by Gasteiger charge is -2.34. The van der Waals surface area contributed by atoms with Gasteiger partial charge in [0.1, 0.15) is 5.69 Å². The highest BCUT2D eigenvalue weighted by Crippen LogP contribution is 2.56. The quantitative estimate of drug-likeness (QED) is 0.257. The Balaban J connectivity index is 2.32. The second-order valence-electron chi connectivity index (χ2n) is 7.83.